The van der Waals surface area contributed by atoms with E-state index in [4.69, 9.17) is 9.16 Å². The molecule has 0 saturated carbocycles. The zero-order valence-corrected chi connectivity index (χ0v) is 21.7. The molecule has 0 aromatic heterocycles. The van der Waals surface area contributed by atoms with Crippen molar-refractivity contribution in [2.24, 2.45) is 17.8 Å². The molecule has 0 saturated heterocycles. The molecule has 31 heavy (non-hydrogen) atoms. The fourth-order valence-electron chi connectivity index (χ4n) is 4.75. The van der Waals surface area contributed by atoms with Crippen LogP contribution in [-0.4, -0.2) is 21.2 Å². The van der Waals surface area contributed by atoms with E-state index in [1.165, 1.54) is 11.1 Å². The number of hydrogen-bond acceptors (Lipinski definition) is 3. The Morgan fingerprint density at radius 2 is 1.87 bits per heavy atom. The minimum absolute atomic E-state index is 0.0149. The van der Waals surface area contributed by atoms with Crippen molar-refractivity contribution in [3.63, 3.8) is 0 Å². The maximum absolute atomic E-state index is 13.6. The highest BCUT2D eigenvalue weighted by Crippen LogP contribution is 2.47. The molecule has 0 heterocycles. The van der Waals surface area contributed by atoms with Gasteiger partial charge in [0, 0.05) is 17.9 Å². The average molecular weight is 441 g/mol. The third-order valence-corrected chi connectivity index (χ3v) is 12.3. The number of ether oxygens (including phenoxy) is 1. The van der Waals surface area contributed by atoms with Crippen LogP contribution in [0.4, 0.5) is 0 Å². The Labute approximate surface area is 190 Å². The number of allylic oxidation sites excluding steroid dienone is 3. The van der Waals surface area contributed by atoms with E-state index in [9.17, 15) is 4.79 Å². The quantitative estimate of drug-likeness (QED) is 0.355. The summed E-state index contributed by atoms with van der Waals surface area (Å²) < 4.78 is 12.2. The van der Waals surface area contributed by atoms with Crippen LogP contribution in [0.3, 0.4) is 0 Å². The minimum Gasteiger partial charge on any atom is -0.547 e. The largest absolute Gasteiger partial charge is 0.547 e. The first-order valence-corrected chi connectivity index (χ1v) is 14.5. The van der Waals surface area contributed by atoms with Gasteiger partial charge in [0.2, 0.25) is 8.32 Å². The van der Waals surface area contributed by atoms with Gasteiger partial charge in [0.15, 0.2) is 5.78 Å². The molecule has 0 radical (unpaired) electrons. The zero-order chi connectivity index (χ0) is 23.1. The molecular weight excluding hydrogens is 400 g/mol. The van der Waals surface area contributed by atoms with Crippen molar-refractivity contribution in [3.8, 4) is 5.75 Å². The zero-order valence-electron chi connectivity index (χ0n) is 20.7. The maximum Gasteiger partial charge on any atom is 0.250 e. The summed E-state index contributed by atoms with van der Waals surface area (Å²) in [5.41, 5.74) is 4.47. The van der Waals surface area contributed by atoms with E-state index in [1.807, 2.05) is 18.2 Å². The number of carbonyl (C=O) groups excluding carboxylic acids is 1. The van der Waals surface area contributed by atoms with Crippen LogP contribution in [0.5, 0.6) is 5.75 Å². The van der Waals surface area contributed by atoms with E-state index < -0.39 is 8.32 Å². The van der Waals surface area contributed by atoms with Crippen LogP contribution >= 0.6 is 0 Å². The molecule has 1 aromatic rings. The van der Waals surface area contributed by atoms with E-state index in [1.54, 1.807) is 7.11 Å². The highest BCUT2D eigenvalue weighted by atomic mass is 28.4. The number of ketones is 1. The van der Waals surface area contributed by atoms with Crippen molar-refractivity contribution in [1.82, 2.24) is 0 Å². The first-order valence-electron chi connectivity index (χ1n) is 11.6. The first-order chi connectivity index (χ1) is 14.4. The number of fused-ring (bicyclic) bond motifs is 1. The predicted molar refractivity (Wildman–Crippen MR) is 131 cm³/mol. The number of benzene rings is 1. The second-order valence-electron chi connectivity index (χ2n) is 11.1. The third-order valence-electron chi connectivity index (χ3n) is 7.97. The van der Waals surface area contributed by atoms with E-state index in [-0.39, 0.29) is 22.7 Å². The Bertz CT molecular complexity index is 904. The lowest BCUT2D eigenvalue weighted by Crippen LogP contribution is -2.42. The highest BCUT2D eigenvalue weighted by Gasteiger charge is 2.43. The minimum atomic E-state index is -1.95. The highest BCUT2D eigenvalue weighted by molar-refractivity contribution is 6.74. The van der Waals surface area contributed by atoms with Crippen molar-refractivity contribution in [2.75, 3.05) is 7.11 Å². The van der Waals surface area contributed by atoms with Crippen molar-refractivity contribution >= 4 is 14.1 Å². The Hall–Kier alpha value is -1.81. The summed E-state index contributed by atoms with van der Waals surface area (Å²) in [7, 11) is -0.275. The van der Waals surface area contributed by atoms with E-state index >= 15 is 0 Å². The smallest absolute Gasteiger partial charge is 0.250 e. The Kier molecular flexibility index (Phi) is 6.62. The van der Waals surface area contributed by atoms with E-state index in [2.05, 4.69) is 54.3 Å². The topological polar surface area (TPSA) is 35.5 Å². The van der Waals surface area contributed by atoms with Crippen LogP contribution in [0.25, 0.3) is 0 Å². The van der Waals surface area contributed by atoms with Crippen molar-refractivity contribution < 1.29 is 14.0 Å². The molecule has 170 valence electrons. The van der Waals surface area contributed by atoms with Gasteiger partial charge < -0.3 is 9.16 Å². The van der Waals surface area contributed by atoms with E-state index in [0.29, 0.717) is 5.92 Å². The lowest BCUT2D eigenvalue weighted by Gasteiger charge is -2.43. The molecule has 3 nitrogen and oxygen atoms in total. The van der Waals surface area contributed by atoms with Gasteiger partial charge in [0.05, 0.1) is 12.9 Å². The number of methoxy groups -OCH3 is 1. The Morgan fingerprint density at radius 1 is 1.19 bits per heavy atom. The fraction of sp³-hybridized carbons (Fsp3) is 0.593. The fourth-order valence-corrected chi connectivity index (χ4v) is 5.92. The summed E-state index contributed by atoms with van der Waals surface area (Å²) in [6.45, 7) is 20.1. The van der Waals surface area contributed by atoms with Crippen LogP contribution < -0.4 is 4.74 Å². The van der Waals surface area contributed by atoms with Crippen molar-refractivity contribution in [1.29, 1.82) is 0 Å². The first kappa shape index (κ1) is 23.8. The molecule has 3 atom stereocenters. The van der Waals surface area contributed by atoms with Gasteiger partial charge in [-0.05, 0) is 92.4 Å². The van der Waals surface area contributed by atoms with Gasteiger partial charge in [-0.15, -0.1) is 0 Å². The molecule has 2 aliphatic carbocycles. The van der Waals surface area contributed by atoms with Gasteiger partial charge in [0.25, 0.3) is 0 Å². The summed E-state index contributed by atoms with van der Waals surface area (Å²) >= 11 is 0. The lowest BCUT2D eigenvalue weighted by molar-refractivity contribution is 0.0842. The van der Waals surface area contributed by atoms with E-state index in [0.717, 1.165) is 48.3 Å². The van der Waals surface area contributed by atoms with Crippen LogP contribution in [0.15, 0.2) is 41.7 Å². The van der Waals surface area contributed by atoms with Gasteiger partial charge in [-0.1, -0.05) is 32.9 Å². The van der Waals surface area contributed by atoms with Crippen LogP contribution in [-0.2, 0) is 10.8 Å². The second-order valence-corrected chi connectivity index (χ2v) is 15.8. The van der Waals surface area contributed by atoms with Gasteiger partial charge >= 0.3 is 0 Å². The van der Waals surface area contributed by atoms with Gasteiger partial charge in [0.1, 0.15) is 5.75 Å². The summed E-state index contributed by atoms with van der Waals surface area (Å²) in [5, 5.41) is 0.143. The molecule has 0 aliphatic heterocycles. The molecule has 1 aromatic carbocycles. The number of hydrogen-bond donors (Lipinski definition) is 0. The molecule has 0 amide bonds. The Balaban J connectivity index is 1.96. The third kappa shape index (κ3) is 4.69. The van der Waals surface area contributed by atoms with Crippen LogP contribution in [0.1, 0.15) is 69.8 Å². The molecule has 0 unspecified atom stereocenters. The predicted octanol–water partition coefficient (Wildman–Crippen LogP) is 7.34. The van der Waals surface area contributed by atoms with Gasteiger partial charge in [-0.3, -0.25) is 4.79 Å². The van der Waals surface area contributed by atoms with Crippen LogP contribution in [0.2, 0.25) is 18.1 Å². The summed E-state index contributed by atoms with van der Waals surface area (Å²) in [5.74, 6) is 2.84. The van der Waals surface area contributed by atoms with Gasteiger partial charge in [-0.25, -0.2) is 0 Å². The maximum atomic E-state index is 13.6. The monoisotopic (exact) mass is 440 g/mol. The standard InChI is InChI=1S/C27H40O3Si/c1-17(2)20-15-24(18(3)25(16-20)30-31(8,9)27(4,5)6)23-12-10-19-14-21(29-7)11-13-22(19)26(23)28/h11,13-14,20,23-24H,1,10,12,15-16H2,2-9H3/t20-,23-,24-/m1/s1. The summed E-state index contributed by atoms with van der Waals surface area (Å²) in [6.07, 6.45) is 3.71. The molecular formula is C27H40O3Si. The van der Waals surface area contributed by atoms with Crippen molar-refractivity contribution in [3.05, 3.63) is 52.8 Å². The molecule has 0 N–H and O–H groups in total. The van der Waals surface area contributed by atoms with Crippen molar-refractivity contribution in [2.45, 2.75) is 78.4 Å². The van der Waals surface area contributed by atoms with Gasteiger partial charge in [-0.2, -0.15) is 0 Å². The number of Topliss-reactive ketones (excluding diaryl/α,β-unsaturated/α-hetero) is 1. The van der Waals surface area contributed by atoms with Crippen LogP contribution in [0, 0.1) is 17.8 Å². The molecule has 4 heteroatoms. The summed E-state index contributed by atoms with van der Waals surface area (Å²) in [6, 6.07) is 5.88. The normalized spacial score (nSPS) is 24.6. The number of carbonyl (C=O) groups is 1. The lowest BCUT2D eigenvalue weighted by atomic mass is 9.67. The molecule has 0 spiro atoms. The molecule has 0 bridgehead atoms. The summed E-state index contributed by atoms with van der Waals surface area (Å²) in [4.78, 5) is 13.6. The Morgan fingerprint density at radius 3 is 2.45 bits per heavy atom. The SMILES string of the molecule is C=C(C)[C@H]1CC(O[Si](C)(C)C(C)(C)C)=C(C)[C@H]([C@H]2CCc3cc(OC)ccc3C2=O)C1. The molecule has 2 aliphatic rings. The number of aryl methyl sites for hydroxylation is 1. The number of rotatable bonds is 5. The second kappa shape index (κ2) is 8.61. The average Bonchev–Trinajstić information content (AvgIpc) is 2.68. The molecule has 0 fully saturated rings. The molecule has 3 rings (SSSR count).